The number of amides is 1. The summed E-state index contributed by atoms with van der Waals surface area (Å²) < 4.78 is 0. The number of piperazine rings is 1. The molecule has 1 aliphatic heterocycles. The molecule has 1 N–H and O–H groups in total. The van der Waals surface area contributed by atoms with Crippen LogP contribution in [0.1, 0.15) is 0 Å². The molecule has 3 nitrogen and oxygen atoms in total. The second kappa shape index (κ2) is 2.82. The van der Waals surface area contributed by atoms with E-state index in [1.807, 2.05) is 4.90 Å². The molecule has 0 unspecified atom stereocenters. The Balaban J connectivity index is 2.32. The lowest BCUT2D eigenvalue weighted by Crippen LogP contribution is -2.47. The van der Waals surface area contributed by atoms with Gasteiger partial charge >= 0.3 is 0 Å². The number of carbonyl (C=O) groups excluding carboxylic acids is 1. The first kappa shape index (κ1) is 6.55. The predicted octanol–water partition coefficient (Wildman–Crippen LogP) is -0.748. The summed E-state index contributed by atoms with van der Waals surface area (Å²) in [7, 11) is 0. The molecule has 1 saturated heterocycles. The van der Waals surface area contributed by atoms with E-state index in [4.69, 9.17) is 0 Å². The fraction of sp³-hybridized carbons (Fsp3) is 0.667. The van der Waals surface area contributed by atoms with Crippen LogP contribution in [0.3, 0.4) is 0 Å². The average molecular weight is 127 g/mol. The second-order valence-electron chi connectivity index (χ2n) is 2.13. The maximum atomic E-state index is 10.7. The Kier molecular flexibility index (Phi) is 2.05. The van der Waals surface area contributed by atoms with Gasteiger partial charge in [-0.2, -0.15) is 0 Å². The van der Waals surface area contributed by atoms with Crippen LogP contribution in [0.4, 0.5) is 0 Å². The highest BCUT2D eigenvalue weighted by atomic mass is 16.2. The van der Waals surface area contributed by atoms with Gasteiger partial charge in [-0.3, -0.25) is 9.69 Å². The highest BCUT2D eigenvalue weighted by Gasteiger charge is 2.12. The van der Waals surface area contributed by atoms with E-state index in [-0.39, 0.29) is 5.91 Å². The van der Waals surface area contributed by atoms with Gasteiger partial charge in [-0.05, 0) is 13.5 Å². The summed E-state index contributed by atoms with van der Waals surface area (Å²) in [6.07, 6.45) is 0. The van der Waals surface area contributed by atoms with Gasteiger partial charge in [-0.25, -0.2) is 0 Å². The largest absolute Gasteiger partial charge is 0.354 e. The molecule has 51 valence electrons. The fourth-order valence-electron chi connectivity index (χ4n) is 0.882. The molecule has 0 bridgehead atoms. The molecular formula is C6H11N2O. The van der Waals surface area contributed by atoms with Crippen LogP contribution >= 0.6 is 0 Å². The number of rotatable bonds is 1. The lowest BCUT2D eigenvalue weighted by atomic mass is 10.3. The van der Waals surface area contributed by atoms with Gasteiger partial charge in [0.05, 0.1) is 6.54 Å². The Morgan fingerprint density at radius 2 is 2.56 bits per heavy atom. The minimum atomic E-state index is 0.116. The van der Waals surface area contributed by atoms with Crippen molar-refractivity contribution in [2.24, 2.45) is 0 Å². The van der Waals surface area contributed by atoms with Crippen molar-refractivity contribution >= 4 is 5.91 Å². The molecule has 1 aliphatic rings. The zero-order valence-corrected chi connectivity index (χ0v) is 5.39. The summed E-state index contributed by atoms with van der Waals surface area (Å²) in [6.45, 7) is 6.65. The SMILES string of the molecule is [CH2]CN1CCNC(=O)C1. The summed E-state index contributed by atoms with van der Waals surface area (Å²) in [5, 5.41) is 2.74. The highest BCUT2D eigenvalue weighted by Crippen LogP contribution is 1.89. The van der Waals surface area contributed by atoms with Crippen LogP contribution in [-0.2, 0) is 4.79 Å². The van der Waals surface area contributed by atoms with Crippen molar-refractivity contribution in [3.05, 3.63) is 6.92 Å². The summed E-state index contributed by atoms with van der Waals surface area (Å²) >= 11 is 0. The molecule has 1 amide bonds. The van der Waals surface area contributed by atoms with E-state index in [0.29, 0.717) is 6.54 Å². The van der Waals surface area contributed by atoms with Crippen molar-refractivity contribution in [2.75, 3.05) is 26.2 Å². The molecule has 0 aromatic carbocycles. The van der Waals surface area contributed by atoms with Gasteiger partial charge in [-0.15, -0.1) is 0 Å². The summed E-state index contributed by atoms with van der Waals surface area (Å²) in [4.78, 5) is 12.7. The molecule has 9 heavy (non-hydrogen) atoms. The van der Waals surface area contributed by atoms with Crippen molar-refractivity contribution in [1.29, 1.82) is 0 Å². The van der Waals surface area contributed by atoms with Gasteiger partial charge in [0, 0.05) is 13.1 Å². The monoisotopic (exact) mass is 127 g/mol. The molecule has 1 radical (unpaired) electrons. The predicted molar refractivity (Wildman–Crippen MR) is 34.8 cm³/mol. The Hall–Kier alpha value is -0.570. The van der Waals surface area contributed by atoms with Crippen molar-refractivity contribution < 1.29 is 4.79 Å². The zero-order chi connectivity index (χ0) is 6.69. The molecule has 0 aromatic rings. The molecule has 1 heterocycles. The van der Waals surface area contributed by atoms with Crippen LogP contribution in [-0.4, -0.2) is 37.0 Å². The van der Waals surface area contributed by atoms with Crippen LogP contribution in [0.2, 0.25) is 0 Å². The Morgan fingerprint density at radius 1 is 1.78 bits per heavy atom. The van der Waals surface area contributed by atoms with Gasteiger partial charge in [0.1, 0.15) is 0 Å². The maximum absolute atomic E-state index is 10.7. The van der Waals surface area contributed by atoms with E-state index in [9.17, 15) is 4.79 Å². The molecule has 3 heteroatoms. The van der Waals surface area contributed by atoms with Crippen molar-refractivity contribution in [3.8, 4) is 0 Å². The van der Waals surface area contributed by atoms with Crippen LogP contribution in [0.5, 0.6) is 0 Å². The zero-order valence-electron chi connectivity index (χ0n) is 5.39. The number of hydrogen-bond acceptors (Lipinski definition) is 2. The average Bonchev–Trinajstić information content (AvgIpc) is 1.88. The van der Waals surface area contributed by atoms with Gasteiger partial charge in [0.15, 0.2) is 0 Å². The minimum absolute atomic E-state index is 0.116. The van der Waals surface area contributed by atoms with Crippen molar-refractivity contribution in [2.45, 2.75) is 0 Å². The quantitative estimate of drug-likeness (QED) is 0.503. The van der Waals surface area contributed by atoms with Gasteiger partial charge in [-0.1, -0.05) is 0 Å². The molecule has 0 spiro atoms. The van der Waals surface area contributed by atoms with E-state index in [1.165, 1.54) is 0 Å². The third kappa shape index (κ3) is 1.68. The smallest absolute Gasteiger partial charge is 0.234 e. The topological polar surface area (TPSA) is 32.3 Å². The van der Waals surface area contributed by atoms with E-state index < -0.39 is 0 Å². The molecule has 1 rings (SSSR count). The van der Waals surface area contributed by atoms with E-state index in [0.717, 1.165) is 19.6 Å². The summed E-state index contributed by atoms with van der Waals surface area (Å²) in [6, 6.07) is 0. The van der Waals surface area contributed by atoms with Gasteiger partial charge < -0.3 is 5.32 Å². The molecule has 0 aliphatic carbocycles. The lowest BCUT2D eigenvalue weighted by Gasteiger charge is -2.24. The first-order valence-corrected chi connectivity index (χ1v) is 3.11. The standard InChI is InChI=1S/C6H11N2O/c1-2-8-4-3-7-6(9)5-8/h1-5H2,(H,7,9). The summed E-state index contributed by atoms with van der Waals surface area (Å²) in [5.74, 6) is 0.116. The van der Waals surface area contributed by atoms with Gasteiger partial charge in [0.2, 0.25) is 5.91 Å². The Bertz CT molecular complexity index is 114. The lowest BCUT2D eigenvalue weighted by molar-refractivity contribution is -0.123. The number of nitrogens with one attached hydrogen (secondary N) is 1. The first-order valence-electron chi connectivity index (χ1n) is 3.11. The van der Waals surface area contributed by atoms with Crippen LogP contribution in [0, 0.1) is 6.92 Å². The van der Waals surface area contributed by atoms with Crippen molar-refractivity contribution in [3.63, 3.8) is 0 Å². The number of hydrogen-bond donors (Lipinski definition) is 1. The fourth-order valence-corrected chi connectivity index (χ4v) is 0.882. The van der Waals surface area contributed by atoms with Crippen LogP contribution < -0.4 is 5.32 Å². The van der Waals surface area contributed by atoms with Crippen molar-refractivity contribution in [1.82, 2.24) is 10.2 Å². The molecule has 0 aromatic heterocycles. The highest BCUT2D eigenvalue weighted by molar-refractivity contribution is 5.78. The van der Waals surface area contributed by atoms with Crippen LogP contribution in [0.25, 0.3) is 0 Å². The molecule has 0 atom stereocenters. The number of nitrogens with zero attached hydrogens (tertiary/aromatic N) is 1. The minimum Gasteiger partial charge on any atom is -0.354 e. The maximum Gasteiger partial charge on any atom is 0.234 e. The second-order valence-corrected chi connectivity index (χ2v) is 2.13. The third-order valence-electron chi connectivity index (χ3n) is 1.43. The third-order valence-corrected chi connectivity index (χ3v) is 1.43. The molecule has 0 saturated carbocycles. The normalized spacial score (nSPS) is 21.7. The molecule has 1 fully saturated rings. The summed E-state index contributed by atoms with van der Waals surface area (Å²) in [5.41, 5.74) is 0. The van der Waals surface area contributed by atoms with E-state index in [2.05, 4.69) is 12.2 Å². The van der Waals surface area contributed by atoms with E-state index in [1.54, 1.807) is 0 Å². The Morgan fingerprint density at radius 3 is 3.00 bits per heavy atom. The van der Waals surface area contributed by atoms with Gasteiger partial charge in [0.25, 0.3) is 0 Å². The number of carbonyl (C=O) groups is 1. The first-order chi connectivity index (χ1) is 4.33. The van der Waals surface area contributed by atoms with Crippen LogP contribution in [0.15, 0.2) is 0 Å². The van der Waals surface area contributed by atoms with E-state index >= 15 is 0 Å². The Labute approximate surface area is 55.0 Å². The molecular weight excluding hydrogens is 116 g/mol.